The predicted octanol–water partition coefficient (Wildman–Crippen LogP) is 3.48. The highest BCUT2D eigenvalue weighted by Crippen LogP contribution is 2.50. The number of nitrogens with zero attached hydrogens (tertiary/aromatic N) is 1. The van der Waals surface area contributed by atoms with Crippen LogP contribution in [0.25, 0.3) is 0 Å². The van der Waals surface area contributed by atoms with E-state index in [1.54, 1.807) is 7.11 Å². The van der Waals surface area contributed by atoms with E-state index in [4.69, 9.17) is 4.74 Å². The van der Waals surface area contributed by atoms with Gasteiger partial charge in [0.2, 0.25) is 5.91 Å². The number of hydrogen-bond donors (Lipinski definition) is 1. The Labute approximate surface area is 156 Å². The van der Waals surface area contributed by atoms with E-state index in [0.29, 0.717) is 19.6 Å². The van der Waals surface area contributed by atoms with Gasteiger partial charge >= 0.3 is 0 Å². The molecule has 4 nitrogen and oxygen atoms in total. The molecular weight excluding hydrogens is 326 g/mol. The van der Waals surface area contributed by atoms with Gasteiger partial charge in [0, 0.05) is 25.6 Å². The Morgan fingerprint density at radius 3 is 2.54 bits per heavy atom. The average Bonchev–Trinajstić information content (AvgIpc) is 2.65. The van der Waals surface area contributed by atoms with Gasteiger partial charge in [0.15, 0.2) is 0 Å². The van der Waals surface area contributed by atoms with E-state index in [1.165, 1.54) is 0 Å². The van der Waals surface area contributed by atoms with Crippen molar-refractivity contribution in [3.63, 3.8) is 0 Å². The molecule has 0 unspecified atom stereocenters. The number of ether oxygens (including phenoxy) is 1. The van der Waals surface area contributed by atoms with Crippen molar-refractivity contribution >= 4 is 5.91 Å². The maximum Gasteiger partial charge on any atom is 0.231 e. The third kappa shape index (κ3) is 2.78. The van der Waals surface area contributed by atoms with Crippen LogP contribution in [-0.2, 0) is 15.1 Å². The first-order chi connectivity index (χ1) is 12.6. The van der Waals surface area contributed by atoms with Gasteiger partial charge in [-0.15, -0.1) is 0 Å². The molecule has 1 saturated heterocycles. The van der Waals surface area contributed by atoms with Crippen molar-refractivity contribution in [3.05, 3.63) is 35.9 Å². The highest BCUT2D eigenvalue weighted by atomic mass is 16.5. The summed E-state index contributed by atoms with van der Waals surface area (Å²) < 4.78 is 5.41. The zero-order valence-electron chi connectivity index (χ0n) is 15.8. The molecule has 0 radical (unpaired) electrons. The molecule has 2 aliphatic carbocycles. The number of likely N-dealkylation sites (tertiary alicyclic amines) is 1. The standard InChI is InChI=1S/C22H31NO3/c1-26-16-21(12-7-13-21)20(24)23-15-14-22(25,17-8-3-2-4-9-17)18-10-5-6-11-19(18)23/h2-4,8-9,18-19,25H,5-7,10-16H2,1H3/t18-,19-,22+/m1/s1. The van der Waals surface area contributed by atoms with Crippen molar-refractivity contribution in [2.45, 2.75) is 63.0 Å². The van der Waals surface area contributed by atoms with E-state index < -0.39 is 5.60 Å². The Kier molecular flexibility index (Phi) is 4.83. The van der Waals surface area contributed by atoms with E-state index in [-0.39, 0.29) is 23.3 Å². The first-order valence-electron chi connectivity index (χ1n) is 10.2. The van der Waals surface area contributed by atoms with Gasteiger partial charge in [-0.05, 0) is 37.7 Å². The molecule has 3 fully saturated rings. The minimum Gasteiger partial charge on any atom is -0.385 e. The molecular formula is C22H31NO3. The summed E-state index contributed by atoms with van der Waals surface area (Å²) in [6.07, 6.45) is 7.92. The lowest BCUT2D eigenvalue weighted by Gasteiger charge is -2.55. The van der Waals surface area contributed by atoms with Crippen LogP contribution < -0.4 is 0 Å². The summed E-state index contributed by atoms with van der Waals surface area (Å²) in [6.45, 7) is 1.18. The van der Waals surface area contributed by atoms with E-state index in [1.807, 2.05) is 30.3 Å². The summed E-state index contributed by atoms with van der Waals surface area (Å²) in [5.74, 6) is 0.411. The van der Waals surface area contributed by atoms with E-state index >= 15 is 0 Å². The molecule has 1 N–H and O–H groups in total. The molecule has 3 atom stereocenters. The molecule has 3 aliphatic rings. The molecule has 0 aromatic heterocycles. The molecule has 4 rings (SSSR count). The zero-order chi connectivity index (χ0) is 18.2. The maximum atomic E-state index is 13.5. The van der Waals surface area contributed by atoms with Crippen molar-refractivity contribution < 1.29 is 14.6 Å². The van der Waals surface area contributed by atoms with Crippen LogP contribution in [0.5, 0.6) is 0 Å². The van der Waals surface area contributed by atoms with Crippen LogP contribution in [0, 0.1) is 11.3 Å². The number of rotatable bonds is 4. The second-order valence-corrected chi connectivity index (χ2v) is 8.56. The van der Waals surface area contributed by atoms with Crippen LogP contribution in [-0.4, -0.2) is 42.2 Å². The van der Waals surface area contributed by atoms with Crippen molar-refractivity contribution in [1.82, 2.24) is 4.90 Å². The molecule has 1 aliphatic heterocycles. The smallest absolute Gasteiger partial charge is 0.231 e. The van der Waals surface area contributed by atoms with Crippen LogP contribution in [0.15, 0.2) is 30.3 Å². The van der Waals surface area contributed by atoms with Gasteiger partial charge in [-0.1, -0.05) is 49.6 Å². The normalized spacial score (nSPS) is 33.2. The van der Waals surface area contributed by atoms with E-state index in [2.05, 4.69) is 4.90 Å². The first kappa shape index (κ1) is 18.0. The fourth-order valence-electron chi connectivity index (χ4n) is 5.63. The van der Waals surface area contributed by atoms with Crippen LogP contribution in [0.4, 0.5) is 0 Å². The molecule has 0 bridgehead atoms. The summed E-state index contributed by atoms with van der Waals surface area (Å²) in [4.78, 5) is 15.6. The van der Waals surface area contributed by atoms with Gasteiger partial charge in [-0.2, -0.15) is 0 Å². The molecule has 4 heteroatoms. The summed E-state index contributed by atoms with van der Waals surface area (Å²) in [6, 6.07) is 10.2. The molecule has 142 valence electrons. The minimum atomic E-state index is -0.808. The average molecular weight is 357 g/mol. The summed E-state index contributed by atoms with van der Waals surface area (Å²) in [7, 11) is 1.70. The van der Waals surface area contributed by atoms with E-state index in [0.717, 1.165) is 50.5 Å². The minimum absolute atomic E-state index is 0.135. The largest absolute Gasteiger partial charge is 0.385 e. The van der Waals surface area contributed by atoms with Crippen molar-refractivity contribution in [3.8, 4) is 0 Å². The van der Waals surface area contributed by atoms with Crippen LogP contribution >= 0.6 is 0 Å². The van der Waals surface area contributed by atoms with Crippen molar-refractivity contribution in [1.29, 1.82) is 0 Å². The number of methoxy groups -OCH3 is 1. The predicted molar refractivity (Wildman–Crippen MR) is 101 cm³/mol. The fourth-order valence-corrected chi connectivity index (χ4v) is 5.63. The number of carbonyl (C=O) groups excluding carboxylic acids is 1. The summed E-state index contributed by atoms with van der Waals surface area (Å²) in [5.41, 5.74) is -0.102. The molecule has 1 amide bonds. The lowest BCUT2D eigenvalue weighted by atomic mass is 9.64. The van der Waals surface area contributed by atoms with Crippen molar-refractivity contribution in [2.75, 3.05) is 20.3 Å². The maximum absolute atomic E-state index is 13.5. The Morgan fingerprint density at radius 1 is 1.15 bits per heavy atom. The SMILES string of the molecule is COCC1(C(=O)N2CC[C@](O)(c3ccccc3)[C@@H]3CCCC[C@H]32)CCC1. The Morgan fingerprint density at radius 2 is 1.88 bits per heavy atom. The van der Waals surface area contributed by atoms with Gasteiger partial charge in [0.1, 0.15) is 0 Å². The molecule has 1 heterocycles. The Hall–Kier alpha value is -1.39. The number of amides is 1. The summed E-state index contributed by atoms with van der Waals surface area (Å²) >= 11 is 0. The van der Waals surface area contributed by atoms with Gasteiger partial charge < -0.3 is 14.7 Å². The molecule has 2 saturated carbocycles. The second kappa shape index (κ2) is 6.97. The van der Waals surface area contributed by atoms with Gasteiger partial charge in [0.25, 0.3) is 0 Å². The monoisotopic (exact) mass is 357 g/mol. The number of fused-ring (bicyclic) bond motifs is 1. The van der Waals surface area contributed by atoms with Crippen LogP contribution in [0.2, 0.25) is 0 Å². The quantitative estimate of drug-likeness (QED) is 0.897. The van der Waals surface area contributed by atoms with Crippen LogP contribution in [0.3, 0.4) is 0 Å². The lowest BCUT2D eigenvalue weighted by molar-refractivity contribution is -0.172. The number of aliphatic hydroxyl groups is 1. The highest BCUT2D eigenvalue weighted by molar-refractivity contribution is 5.84. The van der Waals surface area contributed by atoms with Gasteiger partial charge in [-0.25, -0.2) is 0 Å². The Bertz CT molecular complexity index is 642. The molecule has 0 spiro atoms. The number of carbonyl (C=O) groups is 1. The molecule has 1 aromatic rings. The third-order valence-electron chi connectivity index (χ3n) is 7.20. The number of piperidine rings is 1. The molecule has 1 aromatic carbocycles. The second-order valence-electron chi connectivity index (χ2n) is 8.56. The number of benzene rings is 1. The fraction of sp³-hybridized carbons (Fsp3) is 0.682. The van der Waals surface area contributed by atoms with Crippen molar-refractivity contribution in [2.24, 2.45) is 11.3 Å². The third-order valence-corrected chi connectivity index (χ3v) is 7.20. The first-order valence-corrected chi connectivity index (χ1v) is 10.2. The molecule has 26 heavy (non-hydrogen) atoms. The van der Waals surface area contributed by atoms with Gasteiger partial charge in [0.05, 0.1) is 17.6 Å². The van der Waals surface area contributed by atoms with Crippen LogP contribution in [0.1, 0.15) is 56.9 Å². The zero-order valence-corrected chi connectivity index (χ0v) is 15.8. The lowest BCUT2D eigenvalue weighted by Crippen LogP contribution is -2.62. The number of hydrogen-bond acceptors (Lipinski definition) is 3. The van der Waals surface area contributed by atoms with E-state index in [9.17, 15) is 9.90 Å². The highest BCUT2D eigenvalue weighted by Gasteiger charge is 2.54. The Balaban J connectivity index is 1.62. The summed E-state index contributed by atoms with van der Waals surface area (Å²) in [5, 5.41) is 11.7. The van der Waals surface area contributed by atoms with Gasteiger partial charge in [-0.3, -0.25) is 4.79 Å². The topological polar surface area (TPSA) is 49.8 Å².